The van der Waals surface area contributed by atoms with E-state index in [1.54, 1.807) is 0 Å². The van der Waals surface area contributed by atoms with Crippen molar-refractivity contribution in [3.05, 3.63) is 35.1 Å². The van der Waals surface area contributed by atoms with E-state index in [4.69, 9.17) is 0 Å². The Bertz CT molecular complexity index is 411. The molecular formula is C14H21F3N2. The highest BCUT2D eigenvalue weighted by Crippen LogP contribution is 2.14. The van der Waals surface area contributed by atoms with Crippen LogP contribution in [0.15, 0.2) is 12.1 Å². The van der Waals surface area contributed by atoms with Crippen LogP contribution in [0, 0.1) is 23.4 Å². The van der Waals surface area contributed by atoms with Gasteiger partial charge in [0.15, 0.2) is 11.6 Å². The Morgan fingerprint density at radius 2 is 1.63 bits per heavy atom. The first-order valence-corrected chi connectivity index (χ1v) is 6.33. The molecule has 0 amide bonds. The Morgan fingerprint density at radius 3 is 2.16 bits per heavy atom. The molecule has 2 nitrogen and oxygen atoms in total. The minimum Gasteiger partial charge on any atom is -0.311 e. The molecule has 0 aliphatic heterocycles. The first-order valence-electron chi connectivity index (χ1n) is 6.33. The van der Waals surface area contributed by atoms with Crippen LogP contribution in [0.3, 0.4) is 0 Å². The maximum Gasteiger partial charge on any atom is 0.161 e. The number of likely N-dealkylation sites (N-methyl/N-ethyl adjacent to an activating group) is 1. The summed E-state index contributed by atoms with van der Waals surface area (Å²) in [5.41, 5.74) is 0.139. The van der Waals surface area contributed by atoms with Crippen LogP contribution in [0.2, 0.25) is 0 Å². The molecule has 0 fully saturated rings. The zero-order chi connectivity index (χ0) is 14.6. The summed E-state index contributed by atoms with van der Waals surface area (Å²) in [5, 5.41) is 3.08. The minimum atomic E-state index is -1.16. The van der Waals surface area contributed by atoms with E-state index in [-0.39, 0.29) is 12.1 Å². The van der Waals surface area contributed by atoms with Crippen LogP contribution in [0.4, 0.5) is 13.2 Å². The van der Waals surface area contributed by atoms with E-state index in [1.807, 2.05) is 14.1 Å². The highest BCUT2D eigenvalue weighted by molar-refractivity contribution is 5.19. The van der Waals surface area contributed by atoms with Gasteiger partial charge in [-0.25, -0.2) is 13.2 Å². The summed E-state index contributed by atoms with van der Waals surface area (Å²) in [6.45, 7) is 5.04. The number of nitrogens with one attached hydrogen (secondary N) is 1. The summed E-state index contributed by atoms with van der Waals surface area (Å²) >= 11 is 0. The monoisotopic (exact) mass is 274 g/mol. The Kier molecular flexibility index (Phi) is 5.82. The second kappa shape index (κ2) is 6.91. The number of rotatable bonds is 6. The van der Waals surface area contributed by atoms with E-state index >= 15 is 0 Å². The van der Waals surface area contributed by atoms with Gasteiger partial charge < -0.3 is 10.2 Å². The molecule has 0 spiro atoms. The highest BCUT2D eigenvalue weighted by atomic mass is 19.2. The molecule has 1 aromatic carbocycles. The fourth-order valence-electron chi connectivity index (χ4n) is 2.07. The van der Waals surface area contributed by atoms with Gasteiger partial charge in [0.05, 0.1) is 0 Å². The molecule has 108 valence electrons. The van der Waals surface area contributed by atoms with Crippen LogP contribution in [0.25, 0.3) is 0 Å². The number of halogens is 3. The summed E-state index contributed by atoms with van der Waals surface area (Å²) in [4.78, 5) is 2.08. The highest BCUT2D eigenvalue weighted by Gasteiger charge is 2.16. The largest absolute Gasteiger partial charge is 0.311 e. The van der Waals surface area contributed by atoms with E-state index in [9.17, 15) is 13.2 Å². The molecule has 1 N–H and O–H groups in total. The molecule has 0 saturated heterocycles. The summed E-state index contributed by atoms with van der Waals surface area (Å²) in [7, 11) is 3.95. The van der Waals surface area contributed by atoms with Gasteiger partial charge in [0.25, 0.3) is 0 Å². The zero-order valence-electron chi connectivity index (χ0n) is 11.8. The van der Waals surface area contributed by atoms with E-state index < -0.39 is 17.5 Å². The van der Waals surface area contributed by atoms with Gasteiger partial charge in [-0.05, 0) is 26.1 Å². The summed E-state index contributed by atoms with van der Waals surface area (Å²) in [6, 6.07) is 1.78. The molecule has 5 heteroatoms. The van der Waals surface area contributed by atoms with Crippen molar-refractivity contribution in [2.75, 3.05) is 20.6 Å². The van der Waals surface area contributed by atoms with Crippen molar-refractivity contribution in [1.29, 1.82) is 0 Å². The molecule has 0 aliphatic carbocycles. The van der Waals surface area contributed by atoms with Crippen LogP contribution in [-0.4, -0.2) is 31.6 Å². The molecular weight excluding hydrogens is 253 g/mol. The molecule has 0 aromatic heterocycles. The lowest BCUT2D eigenvalue weighted by Crippen LogP contribution is -2.41. The summed E-state index contributed by atoms with van der Waals surface area (Å²) in [6.07, 6.45) is 0. The van der Waals surface area contributed by atoms with Crippen molar-refractivity contribution in [2.24, 2.45) is 5.92 Å². The third-order valence-corrected chi connectivity index (χ3v) is 3.19. The van der Waals surface area contributed by atoms with Crippen molar-refractivity contribution >= 4 is 0 Å². The van der Waals surface area contributed by atoms with Gasteiger partial charge in [0.1, 0.15) is 5.82 Å². The molecule has 0 saturated carbocycles. The number of benzene rings is 1. The Hall–Kier alpha value is -1.07. The van der Waals surface area contributed by atoms with Crippen molar-refractivity contribution in [3.63, 3.8) is 0 Å². The minimum absolute atomic E-state index is 0.139. The van der Waals surface area contributed by atoms with E-state index in [1.165, 1.54) is 0 Å². The molecule has 0 bridgehead atoms. The fraction of sp³-hybridized carbons (Fsp3) is 0.571. The van der Waals surface area contributed by atoms with Crippen molar-refractivity contribution in [1.82, 2.24) is 10.2 Å². The van der Waals surface area contributed by atoms with Crippen LogP contribution < -0.4 is 5.32 Å². The molecule has 0 heterocycles. The third-order valence-electron chi connectivity index (χ3n) is 3.19. The molecule has 1 unspecified atom stereocenters. The second-order valence-electron chi connectivity index (χ2n) is 5.26. The van der Waals surface area contributed by atoms with Crippen LogP contribution in [-0.2, 0) is 6.54 Å². The number of hydrogen-bond donors (Lipinski definition) is 1. The maximum absolute atomic E-state index is 13.4. The van der Waals surface area contributed by atoms with E-state index in [2.05, 4.69) is 24.1 Å². The molecule has 19 heavy (non-hydrogen) atoms. The first kappa shape index (κ1) is 16.0. The van der Waals surface area contributed by atoms with Crippen LogP contribution in [0.5, 0.6) is 0 Å². The van der Waals surface area contributed by atoms with Crippen molar-refractivity contribution in [2.45, 2.75) is 26.4 Å². The van der Waals surface area contributed by atoms with E-state index in [0.717, 1.165) is 6.07 Å². The molecule has 0 radical (unpaired) electrons. The smallest absolute Gasteiger partial charge is 0.161 e. The van der Waals surface area contributed by atoms with Gasteiger partial charge in [0, 0.05) is 30.8 Å². The SMILES string of the molecule is CC(C)C(CNCc1cc(F)c(F)cc1F)N(C)C. The predicted octanol–water partition coefficient (Wildman–Crippen LogP) is 2.78. The predicted molar refractivity (Wildman–Crippen MR) is 70.3 cm³/mol. The number of nitrogens with zero attached hydrogens (tertiary/aromatic N) is 1. The van der Waals surface area contributed by atoms with Gasteiger partial charge in [0.2, 0.25) is 0 Å². The Morgan fingerprint density at radius 1 is 1.05 bits per heavy atom. The molecule has 1 rings (SSSR count). The normalized spacial score (nSPS) is 13.3. The average molecular weight is 274 g/mol. The molecule has 0 aliphatic rings. The van der Waals surface area contributed by atoms with Gasteiger partial charge in [-0.1, -0.05) is 13.8 Å². The van der Waals surface area contributed by atoms with Crippen LogP contribution >= 0.6 is 0 Å². The Labute approximate surface area is 112 Å². The van der Waals surface area contributed by atoms with Crippen molar-refractivity contribution in [3.8, 4) is 0 Å². The van der Waals surface area contributed by atoms with Crippen molar-refractivity contribution < 1.29 is 13.2 Å². The summed E-state index contributed by atoms with van der Waals surface area (Å²) in [5.74, 6) is -2.46. The van der Waals surface area contributed by atoms with Crippen LogP contribution in [0.1, 0.15) is 19.4 Å². The first-order chi connectivity index (χ1) is 8.82. The second-order valence-corrected chi connectivity index (χ2v) is 5.26. The van der Waals surface area contributed by atoms with Gasteiger partial charge in [-0.2, -0.15) is 0 Å². The Balaban J connectivity index is 2.60. The topological polar surface area (TPSA) is 15.3 Å². The lowest BCUT2D eigenvalue weighted by molar-refractivity contribution is 0.224. The van der Waals surface area contributed by atoms with Gasteiger partial charge >= 0.3 is 0 Å². The lowest BCUT2D eigenvalue weighted by atomic mass is 10.0. The standard InChI is InChI=1S/C14H21F3N2/c1-9(2)14(19(3)4)8-18-7-10-5-12(16)13(17)6-11(10)15/h5-6,9,14,18H,7-8H2,1-4H3. The van der Waals surface area contributed by atoms with E-state index in [0.29, 0.717) is 24.6 Å². The molecule has 1 atom stereocenters. The lowest BCUT2D eigenvalue weighted by Gasteiger charge is -2.28. The zero-order valence-corrected chi connectivity index (χ0v) is 11.8. The number of hydrogen-bond acceptors (Lipinski definition) is 2. The van der Waals surface area contributed by atoms with Gasteiger partial charge in [-0.15, -0.1) is 0 Å². The third kappa shape index (κ3) is 4.51. The van der Waals surface area contributed by atoms with Gasteiger partial charge in [-0.3, -0.25) is 0 Å². The fourth-order valence-corrected chi connectivity index (χ4v) is 2.07. The average Bonchev–Trinajstić information content (AvgIpc) is 2.29. The maximum atomic E-state index is 13.4. The summed E-state index contributed by atoms with van der Waals surface area (Å²) < 4.78 is 39.2. The quantitative estimate of drug-likeness (QED) is 0.802. The molecule has 1 aromatic rings.